The van der Waals surface area contributed by atoms with E-state index in [9.17, 15) is 19.6 Å². The number of morpholine rings is 2. The van der Waals surface area contributed by atoms with Crippen molar-refractivity contribution >= 4 is 39.8 Å². The molecule has 0 amide bonds. The van der Waals surface area contributed by atoms with Crippen LogP contribution in [0, 0.1) is 0 Å². The van der Waals surface area contributed by atoms with Gasteiger partial charge in [0.25, 0.3) is 11.1 Å². The van der Waals surface area contributed by atoms with Crippen LogP contribution in [0.1, 0.15) is 0 Å². The molecule has 6 heterocycles. The maximum absolute atomic E-state index is 12.4. The Balaban J connectivity index is 0.000000175. The third kappa shape index (κ3) is 8.41. The molecule has 234 valence electrons. The first-order valence-electron chi connectivity index (χ1n) is 14.3. The first kappa shape index (κ1) is 32.0. The fourth-order valence-electron chi connectivity index (χ4n) is 4.68. The quantitative estimate of drug-likeness (QED) is 0.215. The molecule has 2 fully saturated rings. The summed E-state index contributed by atoms with van der Waals surface area (Å²) >= 11 is 3.35. The Kier molecular flexibility index (Phi) is 11.3. The molecule has 16 heteroatoms. The van der Waals surface area contributed by atoms with Gasteiger partial charge in [-0.2, -0.15) is 0 Å². The average molecular weight is 673 g/mol. The number of hydrogen-bond acceptors (Lipinski definition) is 12. The van der Waals surface area contributed by atoms with Gasteiger partial charge in [0, 0.05) is 56.1 Å². The highest BCUT2D eigenvalue weighted by Crippen LogP contribution is 2.11. The van der Waals surface area contributed by atoms with Gasteiger partial charge in [0.05, 0.1) is 38.8 Å². The third-order valence-corrected chi connectivity index (χ3v) is 7.63. The molecule has 0 spiro atoms. The number of ether oxygens (including phenoxy) is 4. The lowest BCUT2D eigenvalue weighted by Gasteiger charge is -2.26. The van der Waals surface area contributed by atoms with E-state index in [1.165, 1.54) is 33.5 Å². The van der Waals surface area contributed by atoms with Crippen LogP contribution in [0.2, 0.25) is 0 Å². The van der Waals surface area contributed by atoms with E-state index in [-0.39, 0.29) is 28.1 Å². The normalized spacial score (nSPS) is 16.0. The minimum Gasteiger partial charge on any atom is -0.485 e. The number of hydrogen-bond donors (Lipinski definition) is 2. The molecule has 0 radical (unpaired) electrons. The number of aromatic nitrogens is 4. The van der Waals surface area contributed by atoms with E-state index in [2.05, 4.69) is 35.7 Å². The first-order valence-corrected chi connectivity index (χ1v) is 15.1. The molecule has 0 atom stereocenters. The summed E-state index contributed by atoms with van der Waals surface area (Å²) in [5.74, 6) is 0.416. The van der Waals surface area contributed by atoms with Crippen molar-refractivity contribution in [2.75, 3.05) is 78.9 Å². The second kappa shape index (κ2) is 15.6. The molecule has 0 saturated carbocycles. The van der Waals surface area contributed by atoms with Crippen LogP contribution in [0.3, 0.4) is 0 Å². The molecular weight excluding hydrogens is 639 g/mol. The lowest BCUT2D eigenvalue weighted by atomic mass is 9.82. The van der Waals surface area contributed by atoms with Crippen LogP contribution in [-0.4, -0.2) is 125 Å². The van der Waals surface area contributed by atoms with Crippen molar-refractivity contribution in [1.29, 1.82) is 0 Å². The molecule has 2 aliphatic heterocycles. The Morgan fingerprint density at radius 3 is 1.73 bits per heavy atom. The molecular formula is C28H34BBrN6O8. The monoisotopic (exact) mass is 672 g/mol. The fourth-order valence-corrected chi connectivity index (χ4v) is 5.02. The van der Waals surface area contributed by atoms with Crippen molar-refractivity contribution in [1.82, 2.24) is 28.6 Å². The number of nitrogens with zero attached hydrogens (tertiary/aromatic N) is 6. The lowest BCUT2D eigenvalue weighted by molar-refractivity contribution is 0.0320. The molecule has 0 unspecified atom stereocenters. The smallest absolute Gasteiger partial charge is 0.485 e. The molecule has 2 saturated heterocycles. The first-order chi connectivity index (χ1) is 21.4. The summed E-state index contributed by atoms with van der Waals surface area (Å²) in [6.07, 6.45) is 5.93. The van der Waals surface area contributed by atoms with Crippen molar-refractivity contribution in [2.45, 2.75) is 0 Å². The number of fused-ring (bicyclic) bond motifs is 2. The Labute approximate surface area is 261 Å². The van der Waals surface area contributed by atoms with Crippen LogP contribution in [0.4, 0.5) is 0 Å². The van der Waals surface area contributed by atoms with Gasteiger partial charge in [-0.1, -0.05) is 6.07 Å². The van der Waals surface area contributed by atoms with E-state index in [1.54, 1.807) is 18.3 Å². The average Bonchev–Trinajstić information content (AvgIpc) is 3.05. The largest absolute Gasteiger partial charge is 0.489 e. The summed E-state index contributed by atoms with van der Waals surface area (Å²) in [5.41, 5.74) is 0.665. The van der Waals surface area contributed by atoms with Gasteiger partial charge in [-0.25, -0.2) is 9.97 Å². The molecule has 0 aliphatic carbocycles. The summed E-state index contributed by atoms with van der Waals surface area (Å²) in [5, 5.41) is 18.4. The van der Waals surface area contributed by atoms with Gasteiger partial charge in [-0.3, -0.25) is 28.2 Å². The van der Waals surface area contributed by atoms with Crippen LogP contribution in [-0.2, 0) is 9.47 Å². The van der Waals surface area contributed by atoms with Gasteiger partial charge in [0.2, 0.25) is 11.5 Å². The van der Waals surface area contributed by atoms with Crippen molar-refractivity contribution in [2.24, 2.45) is 0 Å². The van der Waals surface area contributed by atoms with E-state index in [1.807, 2.05) is 6.07 Å². The maximum Gasteiger partial charge on any atom is 0.489 e. The molecule has 44 heavy (non-hydrogen) atoms. The Morgan fingerprint density at radius 1 is 0.750 bits per heavy atom. The fraction of sp³-hybridized carbons (Fsp3) is 0.429. The van der Waals surface area contributed by atoms with E-state index in [4.69, 9.17) is 18.9 Å². The molecule has 4 aromatic heterocycles. The second-order valence-electron chi connectivity index (χ2n) is 10.1. The molecule has 0 aromatic carbocycles. The van der Waals surface area contributed by atoms with E-state index in [0.29, 0.717) is 44.3 Å². The van der Waals surface area contributed by atoms with Crippen LogP contribution in [0.5, 0.6) is 11.5 Å². The number of halogens is 1. The van der Waals surface area contributed by atoms with Gasteiger partial charge < -0.3 is 29.0 Å². The zero-order valence-electron chi connectivity index (χ0n) is 24.1. The second-order valence-corrected chi connectivity index (χ2v) is 11.0. The van der Waals surface area contributed by atoms with Crippen molar-refractivity contribution in [3.63, 3.8) is 0 Å². The number of rotatable bonds is 9. The van der Waals surface area contributed by atoms with Gasteiger partial charge in [-0.15, -0.1) is 0 Å². The highest BCUT2D eigenvalue weighted by atomic mass is 79.9. The van der Waals surface area contributed by atoms with Crippen molar-refractivity contribution in [3.8, 4) is 11.5 Å². The van der Waals surface area contributed by atoms with Crippen LogP contribution >= 0.6 is 15.9 Å². The Hall–Kier alpha value is -3.38. The van der Waals surface area contributed by atoms with E-state index >= 15 is 0 Å². The summed E-state index contributed by atoms with van der Waals surface area (Å²) in [6.45, 7) is 8.82. The summed E-state index contributed by atoms with van der Waals surface area (Å²) in [4.78, 5) is 37.5. The predicted octanol–water partition coefficient (Wildman–Crippen LogP) is -0.747. The minimum atomic E-state index is -1.64. The topological polar surface area (TPSA) is 153 Å². The highest BCUT2D eigenvalue weighted by molar-refractivity contribution is 9.10. The van der Waals surface area contributed by atoms with Crippen LogP contribution in [0.25, 0.3) is 11.3 Å². The standard InChI is InChI=1S/C14H18BN3O5.C14H16BrN3O3/c19-14-12(23-8-5-17-3-6-22-7-4-17)9-16-13-2-1-11(15(20)21)10-18(13)14;15-11-1-2-13-16-9-12(14(19)18(13)10-11)21-8-5-17-3-6-20-7-4-17/h1-2,9-10,20-21H,3-8H2;1-2,9-10H,3-8H2. The Morgan fingerprint density at radius 2 is 1.23 bits per heavy atom. The van der Waals surface area contributed by atoms with Gasteiger partial charge in [0.1, 0.15) is 24.5 Å². The summed E-state index contributed by atoms with van der Waals surface area (Å²) < 4.78 is 25.3. The number of pyridine rings is 2. The minimum absolute atomic E-state index is 0.139. The van der Waals surface area contributed by atoms with Crippen molar-refractivity contribution < 1.29 is 29.0 Å². The predicted molar refractivity (Wildman–Crippen MR) is 166 cm³/mol. The molecule has 0 bridgehead atoms. The molecule has 4 aromatic rings. The third-order valence-electron chi connectivity index (χ3n) is 7.16. The zero-order chi connectivity index (χ0) is 30.9. The van der Waals surface area contributed by atoms with E-state index in [0.717, 1.165) is 50.4 Å². The molecule has 6 rings (SSSR count). The Bertz CT molecular complexity index is 1660. The highest BCUT2D eigenvalue weighted by Gasteiger charge is 2.15. The van der Waals surface area contributed by atoms with E-state index < -0.39 is 7.12 Å². The van der Waals surface area contributed by atoms with Gasteiger partial charge in [0.15, 0.2) is 0 Å². The van der Waals surface area contributed by atoms with Crippen molar-refractivity contribution in [3.05, 3.63) is 74.2 Å². The zero-order valence-corrected chi connectivity index (χ0v) is 25.7. The van der Waals surface area contributed by atoms with Gasteiger partial charge >= 0.3 is 7.12 Å². The summed E-state index contributed by atoms with van der Waals surface area (Å²) in [6, 6.07) is 6.68. The maximum atomic E-state index is 12.4. The summed E-state index contributed by atoms with van der Waals surface area (Å²) in [7, 11) is -1.64. The molecule has 14 nitrogen and oxygen atoms in total. The van der Waals surface area contributed by atoms with Crippen LogP contribution < -0.4 is 26.1 Å². The van der Waals surface area contributed by atoms with Gasteiger partial charge in [-0.05, 0) is 39.6 Å². The van der Waals surface area contributed by atoms with Crippen LogP contribution in [0.15, 0.2) is 63.1 Å². The lowest BCUT2D eigenvalue weighted by Crippen LogP contribution is -2.39. The molecule has 2 N–H and O–H groups in total. The SMILES string of the molecule is O=c1c(OCCN2CCOCC2)cnc2ccc(B(O)O)cn12.O=c1c(OCCN2CCOCC2)cnc2ccc(Br)cn12. The molecule has 2 aliphatic rings.